The van der Waals surface area contributed by atoms with Gasteiger partial charge in [-0.3, -0.25) is 10.1 Å². The molecule has 1 aromatic rings. The van der Waals surface area contributed by atoms with Crippen LogP contribution in [0.2, 0.25) is 0 Å². The van der Waals surface area contributed by atoms with Gasteiger partial charge in [-0.15, -0.1) is 0 Å². The summed E-state index contributed by atoms with van der Waals surface area (Å²) in [5.41, 5.74) is -0.413. The minimum atomic E-state index is -0.814. The van der Waals surface area contributed by atoms with Crippen LogP contribution in [0.3, 0.4) is 0 Å². The highest BCUT2D eigenvalue weighted by Gasteiger charge is 2.44. The predicted octanol–water partition coefficient (Wildman–Crippen LogP) is 2.56. The van der Waals surface area contributed by atoms with Crippen LogP contribution in [0.15, 0.2) is 18.2 Å². The average molecular weight is 294 g/mol. The van der Waals surface area contributed by atoms with Crippen molar-refractivity contribution in [2.45, 2.75) is 57.9 Å². The number of fused-ring (bicyclic) bond motifs is 1. The van der Waals surface area contributed by atoms with Crippen molar-refractivity contribution in [3.05, 3.63) is 33.9 Å². The number of aliphatic hydroxyl groups excluding tert-OH is 1. The Hall–Kier alpha value is -1.66. The van der Waals surface area contributed by atoms with Gasteiger partial charge in [0.25, 0.3) is 5.69 Å². The Bertz CT molecular complexity index is 563. The normalized spacial score (nSPS) is 24.1. The fourth-order valence-corrected chi connectivity index (χ4v) is 2.52. The molecule has 6 nitrogen and oxygen atoms in total. The van der Waals surface area contributed by atoms with E-state index in [1.54, 1.807) is 19.9 Å². The topological polar surface area (TPSA) is 84.6 Å². The fourth-order valence-electron chi connectivity index (χ4n) is 2.52. The Kier molecular flexibility index (Phi) is 3.71. The summed E-state index contributed by atoms with van der Waals surface area (Å²) in [7, 11) is 0. The van der Waals surface area contributed by atoms with Gasteiger partial charge in [-0.05, 0) is 40.7 Å². The first kappa shape index (κ1) is 15.7. The van der Waals surface area contributed by atoms with Gasteiger partial charge in [-0.2, -0.15) is 0 Å². The molecule has 0 saturated carbocycles. The van der Waals surface area contributed by atoms with Gasteiger partial charge in [0.15, 0.2) is 0 Å². The Labute approximate surface area is 124 Å². The first-order valence-electron chi connectivity index (χ1n) is 6.94. The van der Waals surface area contributed by atoms with Gasteiger partial charge >= 0.3 is 0 Å². The molecule has 2 rings (SSSR count). The molecule has 1 aromatic carbocycles. The molecule has 21 heavy (non-hydrogen) atoms. The van der Waals surface area contributed by atoms with E-state index in [1.807, 2.05) is 20.8 Å². The van der Waals surface area contributed by atoms with E-state index in [-0.39, 0.29) is 11.2 Å². The van der Waals surface area contributed by atoms with Gasteiger partial charge in [0.2, 0.25) is 0 Å². The van der Waals surface area contributed by atoms with Gasteiger partial charge in [0, 0.05) is 23.2 Å². The maximum Gasteiger partial charge on any atom is 0.270 e. The van der Waals surface area contributed by atoms with E-state index in [0.29, 0.717) is 11.3 Å². The number of rotatable bonds is 2. The highest BCUT2D eigenvalue weighted by Crippen LogP contribution is 2.42. The number of ether oxygens (including phenoxy) is 1. The summed E-state index contributed by atoms with van der Waals surface area (Å²) in [6.45, 7) is 9.57. The minimum Gasteiger partial charge on any atom is -0.485 e. The number of benzene rings is 1. The first-order chi connectivity index (χ1) is 9.51. The van der Waals surface area contributed by atoms with Crippen molar-refractivity contribution in [1.29, 1.82) is 0 Å². The predicted molar refractivity (Wildman–Crippen MR) is 79.4 cm³/mol. The number of aliphatic hydroxyl groups is 1. The molecular weight excluding hydrogens is 272 g/mol. The zero-order chi connectivity index (χ0) is 16.0. The van der Waals surface area contributed by atoms with Crippen molar-refractivity contribution < 1.29 is 14.8 Å². The second-order valence-corrected chi connectivity index (χ2v) is 7.00. The summed E-state index contributed by atoms with van der Waals surface area (Å²) in [6.07, 6.45) is -0.814. The Morgan fingerprint density at radius 3 is 2.52 bits per heavy atom. The van der Waals surface area contributed by atoms with Crippen LogP contribution < -0.4 is 10.1 Å². The molecule has 0 bridgehead atoms. The molecule has 1 aliphatic heterocycles. The van der Waals surface area contributed by atoms with Crippen molar-refractivity contribution >= 4 is 5.69 Å². The van der Waals surface area contributed by atoms with E-state index < -0.39 is 22.7 Å². The van der Waals surface area contributed by atoms with Crippen LogP contribution in [-0.4, -0.2) is 27.3 Å². The maximum atomic E-state index is 11.0. The van der Waals surface area contributed by atoms with Gasteiger partial charge in [0.1, 0.15) is 17.5 Å². The minimum absolute atomic E-state index is 0.00929. The Morgan fingerprint density at radius 2 is 2.00 bits per heavy atom. The van der Waals surface area contributed by atoms with E-state index in [4.69, 9.17) is 4.74 Å². The van der Waals surface area contributed by atoms with Crippen molar-refractivity contribution in [3.63, 3.8) is 0 Å². The second-order valence-electron chi connectivity index (χ2n) is 7.00. The number of nitrogens with one attached hydrogen (secondary N) is 1. The van der Waals surface area contributed by atoms with Crippen LogP contribution in [0, 0.1) is 10.1 Å². The molecule has 1 aliphatic rings. The number of non-ortho nitro benzene ring substituents is 1. The number of nitro benzene ring substituents is 1. The molecule has 2 N–H and O–H groups in total. The highest BCUT2D eigenvalue weighted by atomic mass is 16.6. The molecule has 0 amide bonds. The monoisotopic (exact) mass is 294 g/mol. The summed E-state index contributed by atoms with van der Waals surface area (Å²) in [5.74, 6) is 0.567. The third-order valence-corrected chi connectivity index (χ3v) is 3.53. The summed E-state index contributed by atoms with van der Waals surface area (Å²) in [6, 6.07) is 4.06. The molecule has 0 aromatic heterocycles. The molecule has 2 atom stereocenters. The molecule has 116 valence electrons. The zero-order valence-corrected chi connectivity index (χ0v) is 13.0. The van der Waals surface area contributed by atoms with Gasteiger partial charge in [-0.25, -0.2) is 0 Å². The van der Waals surface area contributed by atoms with E-state index >= 15 is 0 Å². The molecule has 6 heteroatoms. The summed E-state index contributed by atoms with van der Waals surface area (Å²) in [4.78, 5) is 10.5. The van der Waals surface area contributed by atoms with Gasteiger partial charge in [0.05, 0.1) is 11.0 Å². The molecule has 0 aliphatic carbocycles. The van der Waals surface area contributed by atoms with Crippen LogP contribution in [-0.2, 0) is 0 Å². The summed E-state index contributed by atoms with van der Waals surface area (Å²) >= 11 is 0. The van der Waals surface area contributed by atoms with Crippen LogP contribution in [0.1, 0.15) is 46.2 Å². The lowest BCUT2D eigenvalue weighted by Gasteiger charge is -2.44. The van der Waals surface area contributed by atoms with E-state index in [2.05, 4.69) is 5.32 Å². The van der Waals surface area contributed by atoms with E-state index in [1.165, 1.54) is 12.1 Å². The highest BCUT2D eigenvalue weighted by molar-refractivity contribution is 5.48. The standard InChI is InChI=1S/C15H22N2O4/c1-14(2,3)16-12-10-8-9(17(19)20)6-7-11(10)21-15(4,5)13(12)18/h6-8,12-13,16,18H,1-5H3/t12-,13+/m1/s1. The Morgan fingerprint density at radius 1 is 1.38 bits per heavy atom. The van der Waals surface area contributed by atoms with Crippen molar-refractivity contribution in [2.75, 3.05) is 0 Å². The fraction of sp³-hybridized carbons (Fsp3) is 0.600. The second kappa shape index (κ2) is 4.96. The van der Waals surface area contributed by atoms with Crippen LogP contribution in [0.4, 0.5) is 5.69 Å². The van der Waals surface area contributed by atoms with E-state index in [0.717, 1.165) is 0 Å². The quantitative estimate of drug-likeness (QED) is 0.647. The lowest BCUT2D eigenvalue weighted by Crippen LogP contribution is -2.55. The van der Waals surface area contributed by atoms with E-state index in [9.17, 15) is 15.2 Å². The van der Waals surface area contributed by atoms with Crippen molar-refractivity contribution in [2.24, 2.45) is 0 Å². The summed E-state index contributed by atoms with van der Waals surface area (Å²) in [5, 5.41) is 24.9. The van der Waals surface area contributed by atoms with Crippen molar-refractivity contribution in [3.8, 4) is 5.75 Å². The first-order valence-corrected chi connectivity index (χ1v) is 6.94. The SMILES string of the molecule is CC(C)(C)N[C@@H]1c2cc([N+](=O)[O-])ccc2OC(C)(C)[C@H]1O. The average Bonchev–Trinajstić information content (AvgIpc) is 2.32. The molecule has 0 saturated heterocycles. The number of nitrogens with zero attached hydrogens (tertiary/aromatic N) is 1. The third kappa shape index (κ3) is 3.16. The zero-order valence-electron chi connectivity index (χ0n) is 13.0. The molecule has 0 unspecified atom stereocenters. The van der Waals surface area contributed by atoms with Crippen LogP contribution in [0.25, 0.3) is 0 Å². The lowest BCUT2D eigenvalue weighted by atomic mass is 9.85. The van der Waals surface area contributed by atoms with Crippen molar-refractivity contribution in [1.82, 2.24) is 5.32 Å². The number of hydrogen-bond acceptors (Lipinski definition) is 5. The lowest BCUT2D eigenvalue weighted by molar-refractivity contribution is -0.385. The molecule has 0 spiro atoms. The van der Waals surface area contributed by atoms with Gasteiger partial charge in [-0.1, -0.05) is 0 Å². The smallest absolute Gasteiger partial charge is 0.270 e. The molecular formula is C15H22N2O4. The van der Waals surface area contributed by atoms with Crippen LogP contribution in [0.5, 0.6) is 5.75 Å². The molecule has 1 heterocycles. The number of hydrogen-bond donors (Lipinski definition) is 2. The number of nitro groups is 1. The Balaban J connectivity index is 2.52. The van der Waals surface area contributed by atoms with Crippen LogP contribution >= 0.6 is 0 Å². The largest absolute Gasteiger partial charge is 0.485 e. The third-order valence-electron chi connectivity index (χ3n) is 3.53. The molecule has 0 radical (unpaired) electrons. The molecule has 0 fully saturated rings. The maximum absolute atomic E-state index is 11.0. The van der Waals surface area contributed by atoms with Gasteiger partial charge < -0.3 is 15.2 Å². The summed E-state index contributed by atoms with van der Waals surface area (Å²) < 4.78 is 5.80.